The number of hydrogen-bond acceptors (Lipinski definition) is 4. The second kappa shape index (κ2) is 10.1. The SMILES string of the molecule is CC1(C)CN(C(=O)[C@H]2CCCC[C@H]2NC(=O)Oc2ccccc2)CC[C@]1(O)C1=CC=C(Cl)CC1. The van der Waals surface area contributed by atoms with E-state index in [4.69, 9.17) is 16.3 Å². The molecule has 2 N–H and O–H groups in total. The van der Waals surface area contributed by atoms with Crippen LogP contribution in [0.25, 0.3) is 0 Å². The summed E-state index contributed by atoms with van der Waals surface area (Å²) in [6.07, 6.45) is 8.68. The van der Waals surface area contributed by atoms with E-state index in [1.807, 2.05) is 49.1 Å². The van der Waals surface area contributed by atoms with Crippen molar-refractivity contribution >= 4 is 23.6 Å². The zero-order chi connectivity index (χ0) is 24.3. The summed E-state index contributed by atoms with van der Waals surface area (Å²) < 4.78 is 5.40. The number of nitrogens with one attached hydrogen (secondary N) is 1. The zero-order valence-electron chi connectivity index (χ0n) is 20.1. The summed E-state index contributed by atoms with van der Waals surface area (Å²) in [4.78, 5) is 28.0. The molecule has 184 valence electrons. The molecular formula is C27H35ClN2O4. The Morgan fingerprint density at radius 1 is 1.12 bits per heavy atom. The molecule has 0 spiro atoms. The molecule has 0 radical (unpaired) electrons. The van der Waals surface area contributed by atoms with Gasteiger partial charge in [-0.1, -0.05) is 62.6 Å². The molecule has 4 rings (SSSR count). The number of allylic oxidation sites excluding steroid dienone is 3. The topological polar surface area (TPSA) is 78.9 Å². The molecule has 1 saturated carbocycles. The number of likely N-dealkylation sites (tertiary alicyclic amines) is 1. The van der Waals surface area contributed by atoms with Crippen LogP contribution in [0.1, 0.15) is 58.8 Å². The Kier molecular flexibility index (Phi) is 7.39. The Bertz CT molecular complexity index is 974. The smallest absolute Gasteiger partial charge is 0.410 e. The largest absolute Gasteiger partial charge is 0.412 e. The second-order valence-corrected chi connectivity index (χ2v) is 10.9. The Morgan fingerprint density at radius 3 is 2.53 bits per heavy atom. The number of piperidine rings is 1. The predicted octanol–water partition coefficient (Wildman–Crippen LogP) is 5.17. The molecule has 1 aliphatic heterocycles. The number of nitrogens with zero attached hydrogens (tertiary/aromatic N) is 1. The quantitative estimate of drug-likeness (QED) is 0.615. The lowest BCUT2D eigenvalue weighted by Gasteiger charge is -2.52. The van der Waals surface area contributed by atoms with Crippen LogP contribution in [0.5, 0.6) is 5.75 Å². The lowest BCUT2D eigenvalue weighted by Crippen LogP contribution is -2.61. The molecule has 3 atom stereocenters. The van der Waals surface area contributed by atoms with E-state index in [2.05, 4.69) is 5.32 Å². The van der Waals surface area contributed by atoms with Gasteiger partial charge in [0.25, 0.3) is 0 Å². The minimum atomic E-state index is -0.971. The first kappa shape index (κ1) is 24.8. The van der Waals surface area contributed by atoms with E-state index >= 15 is 0 Å². The van der Waals surface area contributed by atoms with Gasteiger partial charge in [0.2, 0.25) is 5.91 Å². The average molecular weight is 487 g/mol. The van der Waals surface area contributed by atoms with Gasteiger partial charge in [0.1, 0.15) is 5.75 Å². The Morgan fingerprint density at radius 2 is 1.85 bits per heavy atom. The van der Waals surface area contributed by atoms with Crippen molar-refractivity contribution in [2.45, 2.75) is 70.4 Å². The maximum absolute atomic E-state index is 13.6. The van der Waals surface area contributed by atoms with Crippen LogP contribution in [0.2, 0.25) is 0 Å². The molecule has 1 aromatic rings. The van der Waals surface area contributed by atoms with Gasteiger partial charge in [0, 0.05) is 29.6 Å². The van der Waals surface area contributed by atoms with Crippen LogP contribution >= 0.6 is 11.6 Å². The molecule has 7 heteroatoms. The normalized spacial score (nSPS) is 29.0. The molecule has 0 bridgehead atoms. The molecule has 6 nitrogen and oxygen atoms in total. The van der Waals surface area contributed by atoms with E-state index in [0.717, 1.165) is 49.1 Å². The first-order valence-electron chi connectivity index (χ1n) is 12.3. The number of ether oxygens (including phenoxy) is 1. The number of rotatable bonds is 4. The fourth-order valence-corrected chi connectivity index (χ4v) is 5.83. The van der Waals surface area contributed by atoms with Gasteiger partial charge in [-0.3, -0.25) is 4.79 Å². The van der Waals surface area contributed by atoms with Crippen molar-refractivity contribution in [3.63, 3.8) is 0 Å². The van der Waals surface area contributed by atoms with Crippen LogP contribution in [0.3, 0.4) is 0 Å². The maximum atomic E-state index is 13.6. The molecule has 2 aliphatic carbocycles. The number of amides is 2. The van der Waals surface area contributed by atoms with Gasteiger partial charge in [0.15, 0.2) is 0 Å². The van der Waals surface area contributed by atoms with E-state index in [9.17, 15) is 14.7 Å². The molecule has 1 aromatic carbocycles. The maximum Gasteiger partial charge on any atom is 0.412 e. The van der Waals surface area contributed by atoms with Gasteiger partial charge in [0.05, 0.1) is 11.5 Å². The third-order valence-corrected chi connectivity index (χ3v) is 8.05. The number of benzene rings is 1. The van der Waals surface area contributed by atoms with Crippen molar-refractivity contribution in [2.24, 2.45) is 11.3 Å². The second-order valence-electron chi connectivity index (χ2n) is 10.4. The van der Waals surface area contributed by atoms with E-state index in [-0.39, 0.29) is 17.9 Å². The Balaban J connectivity index is 1.42. The third kappa shape index (κ3) is 5.18. The highest BCUT2D eigenvalue weighted by Crippen LogP contribution is 2.46. The van der Waals surface area contributed by atoms with E-state index < -0.39 is 17.1 Å². The van der Waals surface area contributed by atoms with Gasteiger partial charge in [-0.25, -0.2) is 4.79 Å². The lowest BCUT2D eigenvalue weighted by atomic mass is 9.64. The summed E-state index contributed by atoms with van der Waals surface area (Å²) in [5.41, 5.74) is -0.481. The van der Waals surface area contributed by atoms with Gasteiger partial charge < -0.3 is 20.1 Å². The number of carbonyl (C=O) groups excluding carboxylic acids is 2. The molecule has 2 amide bonds. The molecule has 1 saturated heterocycles. The van der Waals surface area contributed by atoms with Crippen molar-refractivity contribution in [3.8, 4) is 5.75 Å². The average Bonchev–Trinajstić information content (AvgIpc) is 2.81. The van der Waals surface area contributed by atoms with Crippen LogP contribution in [0.15, 0.2) is 53.1 Å². The predicted molar refractivity (Wildman–Crippen MR) is 133 cm³/mol. The summed E-state index contributed by atoms with van der Waals surface area (Å²) in [6.45, 7) is 5.02. The highest BCUT2D eigenvalue weighted by molar-refractivity contribution is 6.29. The van der Waals surface area contributed by atoms with Gasteiger partial charge >= 0.3 is 6.09 Å². The summed E-state index contributed by atoms with van der Waals surface area (Å²) in [7, 11) is 0. The van der Waals surface area contributed by atoms with Crippen LogP contribution < -0.4 is 10.1 Å². The first-order chi connectivity index (χ1) is 16.2. The van der Waals surface area contributed by atoms with Crippen molar-refractivity contribution in [3.05, 3.63) is 53.1 Å². The van der Waals surface area contributed by atoms with E-state index in [1.165, 1.54) is 0 Å². The summed E-state index contributed by atoms with van der Waals surface area (Å²) in [5, 5.41) is 15.4. The fourth-order valence-electron chi connectivity index (χ4n) is 5.67. The fraction of sp³-hybridized carbons (Fsp3) is 0.556. The highest BCUT2D eigenvalue weighted by atomic mass is 35.5. The summed E-state index contributed by atoms with van der Waals surface area (Å²) in [5.74, 6) is 0.249. The van der Waals surface area contributed by atoms with Crippen LogP contribution in [-0.2, 0) is 4.79 Å². The van der Waals surface area contributed by atoms with Crippen molar-refractivity contribution < 1.29 is 19.4 Å². The number of hydrogen-bond donors (Lipinski definition) is 2. The van der Waals surface area contributed by atoms with Gasteiger partial charge in [-0.05, 0) is 55.9 Å². The molecule has 0 unspecified atom stereocenters. The van der Waals surface area contributed by atoms with Crippen molar-refractivity contribution in [1.82, 2.24) is 10.2 Å². The van der Waals surface area contributed by atoms with Crippen LogP contribution in [0, 0.1) is 11.3 Å². The molecule has 3 aliphatic rings. The zero-order valence-corrected chi connectivity index (χ0v) is 20.8. The number of aliphatic hydroxyl groups is 1. The first-order valence-corrected chi connectivity index (χ1v) is 12.7. The molecule has 2 fully saturated rings. The van der Waals surface area contributed by atoms with Gasteiger partial charge in [-0.15, -0.1) is 0 Å². The molecule has 34 heavy (non-hydrogen) atoms. The monoisotopic (exact) mass is 486 g/mol. The number of carbonyl (C=O) groups is 2. The third-order valence-electron chi connectivity index (χ3n) is 7.73. The minimum absolute atomic E-state index is 0.0559. The van der Waals surface area contributed by atoms with E-state index in [1.54, 1.807) is 12.1 Å². The van der Waals surface area contributed by atoms with Crippen LogP contribution in [-0.4, -0.2) is 46.7 Å². The Hall–Kier alpha value is -2.31. The summed E-state index contributed by atoms with van der Waals surface area (Å²) >= 11 is 6.13. The summed E-state index contributed by atoms with van der Waals surface area (Å²) in [6, 6.07) is 8.68. The minimum Gasteiger partial charge on any atom is -0.410 e. The molecular weight excluding hydrogens is 452 g/mol. The molecule has 0 aromatic heterocycles. The highest BCUT2D eigenvalue weighted by Gasteiger charge is 2.51. The number of para-hydroxylation sites is 1. The van der Waals surface area contributed by atoms with Crippen molar-refractivity contribution in [2.75, 3.05) is 13.1 Å². The van der Waals surface area contributed by atoms with Gasteiger partial charge in [-0.2, -0.15) is 0 Å². The van der Waals surface area contributed by atoms with E-state index in [0.29, 0.717) is 25.3 Å². The van der Waals surface area contributed by atoms with Crippen molar-refractivity contribution in [1.29, 1.82) is 0 Å². The Labute approximate surface area is 207 Å². The lowest BCUT2D eigenvalue weighted by molar-refractivity contribution is -0.150. The molecule has 1 heterocycles. The number of halogens is 1. The standard InChI is InChI=1S/C27H35ClN2O4/c1-26(2)18-30(17-16-27(26,33)19-12-14-20(28)15-13-19)24(31)22-10-6-7-11-23(22)29-25(32)34-21-8-4-3-5-9-21/h3-5,8-9,12,14,22-23,33H,6-7,10-11,13,15-18H2,1-2H3,(H,29,32)/t22-,23+,27-/m0/s1. The van der Waals surface area contributed by atoms with Crippen LogP contribution in [0.4, 0.5) is 4.79 Å².